The first-order chi connectivity index (χ1) is 15.4. The Kier molecular flexibility index (Phi) is 11.0. The fourth-order valence-electron chi connectivity index (χ4n) is 2.96. The minimum atomic E-state index is -4.87. The van der Waals surface area contributed by atoms with Gasteiger partial charge in [-0.25, -0.2) is 15.5 Å². The first-order valence-electron chi connectivity index (χ1n) is 10.5. The molecule has 11 heteroatoms. The number of hydrazine groups is 1. The summed E-state index contributed by atoms with van der Waals surface area (Å²) < 4.78 is 40.1. The van der Waals surface area contributed by atoms with E-state index in [2.05, 4.69) is 0 Å². The molecule has 4 N–H and O–H groups in total. The summed E-state index contributed by atoms with van der Waals surface area (Å²) in [6, 6.07) is 5.86. The summed E-state index contributed by atoms with van der Waals surface area (Å²) in [7, 11) is 0. The van der Waals surface area contributed by atoms with E-state index in [0.717, 1.165) is 5.56 Å². The molecule has 0 aromatic heterocycles. The third-order valence-corrected chi connectivity index (χ3v) is 4.60. The van der Waals surface area contributed by atoms with Gasteiger partial charge in [-0.05, 0) is 31.2 Å². The van der Waals surface area contributed by atoms with Gasteiger partial charge in [0.1, 0.15) is 12.6 Å². The van der Waals surface area contributed by atoms with E-state index in [1.165, 1.54) is 18.5 Å². The molecule has 0 unspecified atom stereocenters. The number of hydroxylamine groups is 1. The van der Waals surface area contributed by atoms with Crippen LogP contribution in [0.2, 0.25) is 0 Å². The van der Waals surface area contributed by atoms with E-state index in [9.17, 15) is 32.8 Å². The smallest absolute Gasteiger partial charge is 0.320 e. The number of rotatable bonds is 10. The monoisotopic (exact) mass is 472 g/mol. The second kappa shape index (κ2) is 12.9. The highest BCUT2D eigenvalue weighted by Gasteiger charge is 2.42. The van der Waals surface area contributed by atoms with Gasteiger partial charge in [-0.1, -0.05) is 56.3 Å². The highest BCUT2D eigenvalue weighted by Crippen LogP contribution is 2.23. The Morgan fingerprint density at radius 3 is 2.24 bits per heavy atom. The van der Waals surface area contributed by atoms with Gasteiger partial charge in [0.2, 0.25) is 5.91 Å². The van der Waals surface area contributed by atoms with E-state index in [4.69, 9.17) is 5.73 Å². The van der Waals surface area contributed by atoms with E-state index in [-0.39, 0.29) is 23.8 Å². The lowest BCUT2D eigenvalue weighted by molar-refractivity contribution is -0.203. The van der Waals surface area contributed by atoms with Gasteiger partial charge in [-0.3, -0.25) is 19.6 Å². The highest BCUT2D eigenvalue weighted by molar-refractivity contribution is 5.90. The maximum absolute atomic E-state index is 13.4. The van der Waals surface area contributed by atoms with Crippen molar-refractivity contribution in [3.05, 3.63) is 42.0 Å². The number of carbonyl (C=O) groups is 3. The topological polar surface area (TPSA) is 116 Å². The molecule has 0 saturated carbocycles. The number of halogens is 3. The molecule has 0 aliphatic rings. The molecule has 0 aliphatic carbocycles. The molecule has 0 saturated heterocycles. The summed E-state index contributed by atoms with van der Waals surface area (Å²) in [4.78, 5) is 38.1. The van der Waals surface area contributed by atoms with Gasteiger partial charge < -0.3 is 5.73 Å². The Bertz CT molecular complexity index is 814. The van der Waals surface area contributed by atoms with Crippen molar-refractivity contribution in [3.63, 3.8) is 0 Å². The quantitative estimate of drug-likeness (QED) is 0.358. The van der Waals surface area contributed by atoms with Crippen molar-refractivity contribution >= 4 is 23.8 Å². The lowest BCUT2D eigenvalue weighted by atomic mass is 10.1. The van der Waals surface area contributed by atoms with Crippen LogP contribution in [0.1, 0.15) is 45.6 Å². The third-order valence-electron chi connectivity index (χ3n) is 4.60. The number of hydrogen-bond donors (Lipinski definition) is 3. The standard InChI is InChI=1S/C22H31F3N4O4/c1-15(2)12-13-19(30)29(28(14-22(23,24)25)21(32)16(3)26)18(20(31)27-33)11-7-10-17-8-5-4-6-9-17/h4-10,15-16,18,33H,11-14,26H2,1-3H3,(H,27,31)/t16-,18+/m1/s1. The molecule has 0 bridgehead atoms. The van der Waals surface area contributed by atoms with Crippen molar-refractivity contribution in [2.24, 2.45) is 11.7 Å². The summed E-state index contributed by atoms with van der Waals surface area (Å²) >= 11 is 0. The second-order valence-electron chi connectivity index (χ2n) is 8.01. The molecule has 33 heavy (non-hydrogen) atoms. The van der Waals surface area contributed by atoms with Crippen LogP contribution in [0, 0.1) is 5.92 Å². The van der Waals surface area contributed by atoms with Gasteiger partial charge in [-0.2, -0.15) is 13.2 Å². The zero-order valence-electron chi connectivity index (χ0n) is 18.9. The lowest BCUT2D eigenvalue weighted by Gasteiger charge is -2.40. The molecule has 8 nitrogen and oxygen atoms in total. The van der Waals surface area contributed by atoms with Crippen molar-refractivity contribution in [1.82, 2.24) is 15.5 Å². The van der Waals surface area contributed by atoms with Gasteiger partial charge in [0.25, 0.3) is 11.8 Å². The summed E-state index contributed by atoms with van der Waals surface area (Å²) in [5.74, 6) is -3.16. The first-order valence-corrected chi connectivity index (χ1v) is 10.5. The Hall–Kier alpha value is -2.92. The molecule has 3 amide bonds. The zero-order chi connectivity index (χ0) is 25.2. The summed E-state index contributed by atoms with van der Waals surface area (Å²) in [6.07, 6.45) is -1.96. The molecule has 1 aromatic carbocycles. The number of nitrogens with one attached hydrogen (secondary N) is 1. The highest BCUT2D eigenvalue weighted by atomic mass is 19.4. The van der Waals surface area contributed by atoms with E-state index >= 15 is 0 Å². The molecule has 0 aliphatic heterocycles. The number of nitrogens with zero attached hydrogens (tertiary/aromatic N) is 2. The van der Waals surface area contributed by atoms with Crippen LogP contribution in [-0.2, 0) is 14.4 Å². The minimum absolute atomic E-state index is 0.0408. The van der Waals surface area contributed by atoms with Crippen LogP contribution in [-0.4, -0.2) is 57.8 Å². The largest absolute Gasteiger partial charge is 0.408 e. The van der Waals surface area contributed by atoms with E-state index < -0.39 is 42.5 Å². The number of amides is 3. The molecule has 2 atom stereocenters. The average molecular weight is 473 g/mol. The fourth-order valence-corrected chi connectivity index (χ4v) is 2.96. The van der Waals surface area contributed by atoms with Gasteiger partial charge in [0, 0.05) is 6.42 Å². The molecule has 0 fully saturated rings. The molecular formula is C22H31F3N4O4. The number of hydrogen-bond acceptors (Lipinski definition) is 5. The van der Waals surface area contributed by atoms with Crippen molar-refractivity contribution in [1.29, 1.82) is 0 Å². The van der Waals surface area contributed by atoms with Crippen molar-refractivity contribution in [3.8, 4) is 0 Å². The van der Waals surface area contributed by atoms with Crippen molar-refractivity contribution in [2.75, 3.05) is 6.54 Å². The maximum atomic E-state index is 13.4. The Labute approximate surface area is 191 Å². The summed E-state index contributed by atoms with van der Waals surface area (Å²) in [5, 5.41) is 9.85. The molecule has 0 radical (unpaired) electrons. The normalized spacial score (nSPS) is 13.6. The molecular weight excluding hydrogens is 441 g/mol. The zero-order valence-corrected chi connectivity index (χ0v) is 18.9. The molecule has 184 valence electrons. The van der Waals surface area contributed by atoms with Crippen LogP contribution < -0.4 is 11.2 Å². The number of benzene rings is 1. The number of alkyl halides is 3. The first kappa shape index (κ1) is 28.1. The predicted molar refractivity (Wildman–Crippen MR) is 116 cm³/mol. The van der Waals surface area contributed by atoms with Crippen molar-refractivity contribution < 1.29 is 32.8 Å². The number of nitrogens with two attached hydrogens (primary N) is 1. The van der Waals surface area contributed by atoms with Crippen molar-refractivity contribution in [2.45, 2.75) is 58.3 Å². The van der Waals surface area contributed by atoms with Crippen LogP contribution in [0.4, 0.5) is 13.2 Å². The Morgan fingerprint density at radius 1 is 1.15 bits per heavy atom. The molecule has 1 aromatic rings. The van der Waals surface area contributed by atoms with Gasteiger partial charge in [0.05, 0.1) is 6.04 Å². The van der Waals surface area contributed by atoms with Crippen LogP contribution in [0.15, 0.2) is 36.4 Å². The van der Waals surface area contributed by atoms with E-state index in [0.29, 0.717) is 11.4 Å². The van der Waals surface area contributed by atoms with E-state index in [1.807, 2.05) is 13.8 Å². The molecule has 1 rings (SSSR count). The molecule has 0 heterocycles. The average Bonchev–Trinajstić information content (AvgIpc) is 2.74. The lowest BCUT2D eigenvalue weighted by Crippen LogP contribution is -2.62. The van der Waals surface area contributed by atoms with Crippen LogP contribution >= 0.6 is 0 Å². The third kappa shape index (κ3) is 9.62. The SMILES string of the molecule is CC(C)CCC(=O)N([C@@H](CC=Cc1ccccc1)C(=O)NO)N(CC(F)(F)F)C(=O)[C@@H](C)N. The maximum Gasteiger partial charge on any atom is 0.408 e. The van der Waals surface area contributed by atoms with Crippen LogP contribution in [0.5, 0.6) is 0 Å². The van der Waals surface area contributed by atoms with Crippen LogP contribution in [0.25, 0.3) is 6.08 Å². The van der Waals surface area contributed by atoms with E-state index in [1.54, 1.807) is 36.4 Å². The molecule has 0 spiro atoms. The Balaban J connectivity index is 3.43. The predicted octanol–water partition coefficient (Wildman–Crippen LogP) is 2.88. The Morgan fingerprint density at radius 2 is 1.76 bits per heavy atom. The van der Waals surface area contributed by atoms with Gasteiger partial charge in [0.15, 0.2) is 0 Å². The fraction of sp³-hybridized carbons (Fsp3) is 0.500. The van der Waals surface area contributed by atoms with Gasteiger partial charge in [-0.15, -0.1) is 0 Å². The van der Waals surface area contributed by atoms with Gasteiger partial charge >= 0.3 is 6.18 Å². The van der Waals surface area contributed by atoms with Crippen LogP contribution in [0.3, 0.4) is 0 Å². The summed E-state index contributed by atoms with van der Waals surface area (Å²) in [6.45, 7) is 2.99. The number of carbonyl (C=O) groups excluding carboxylic acids is 3. The summed E-state index contributed by atoms with van der Waals surface area (Å²) in [5.41, 5.74) is 7.67. The second-order valence-corrected chi connectivity index (χ2v) is 8.01. The minimum Gasteiger partial charge on any atom is -0.320 e.